The smallest absolute Gasteiger partial charge is 0.225 e. The van der Waals surface area contributed by atoms with Crippen molar-refractivity contribution in [3.05, 3.63) is 23.8 Å². The van der Waals surface area contributed by atoms with Crippen molar-refractivity contribution in [2.24, 2.45) is 5.92 Å². The topological polar surface area (TPSA) is 67.9 Å². The van der Waals surface area contributed by atoms with E-state index in [0.717, 1.165) is 29.9 Å². The molecule has 0 bridgehead atoms. The predicted octanol–water partition coefficient (Wildman–Crippen LogP) is 1.08. The second-order valence-electron chi connectivity index (χ2n) is 6.37. The van der Waals surface area contributed by atoms with Crippen LogP contribution in [0.25, 0.3) is 0 Å². The van der Waals surface area contributed by atoms with Crippen molar-refractivity contribution in [1.29, 1.82) is 0 Å². The molecule has 6 heteroatoms. The maximum Gasteiger partial charge on any atom is 0.225 e. The van der Waals surface area contributed by atoms with Crippen molar-refractivity contribution >= 4 is 11.8 Å². The third-order valence-corrected chi connectivity index (χ3v) is 4.59. The van der Waals surface area contributed by atoms with Crippen molar-refractivity contribution in [2.75, 3.05) is 19.8 Å². The van der Waals surface area contributed by atoms with Crippen molar-refractivity contribution in [3.8, 4) is 11.5 Å². The Balaban J connectivity index is 1.34. The number of fused-ring (bicyclic) bond motifs is 1. The second kappa shape index (κ2) is 5.76. The number of likely N-dealkylation sites (tertiary alicyclic amines) is 1. The van der Waals surface area contributed by atoms with E-state index in [1.807, 2.05) is 23.1 Å². The van der Waals surface area contributed by atoms with Gasteiger partial charge in [0.25, 0.3) is 0 Å². The van der Waals surface area contributed by atoms with Crippen LogP contribution in [0.5, 0.6) is 11.5 Å². The van der Waals surface area contributed by atoms with Gasteiger partial charge in [-0.25, -0.2) is 0 Å². The normalized spacial score (nSPS) is 23.0. The first-order valence-electron chi connectivity index (χ1n) is 8.16. The maximum absolute atomic E-state index is 12.3. The lowest BCUT2D eigenvalue weighted by molar-refractivity contribution is -0.129. The van der Waals surface area contributed by atoms with E-state index in [0.29, 0.717) is 38.8 Å². The van der Waals surface area contributed by atoms with Crippen LogP contribution in [0.3, 0.4) is 0 Å². The van der Waals surface area contributed by atoms with Crippen LogP contribution < -0.4 is 14.8 Å². The lowest BCUT2D eigenvalue weighted by Crippen LogP contribution is -2.33. The first-order chi connectivity index (χ1) is 11.2. The van der Waals surface area contributed by atoms with Gasteiger partial charge in [0.15, 0.2) is 11.5 Å². The molecule has 0 unspecified atom stereocenters. The molecule has 0 spiro atoms. The number of carbonyl (C=O) groups excluding carboxylic acids is 2. The number of carbonyl (C=O) groups is 2. The summed E-state index contributed by atoms with van der Waals surface area (Å²) in [5.74, 6) is 1.32. The Kier molecular flexibility index (Phi) is 3.59. The molecule has 1 N–H and O–H groups in total. The predicted molar refractivity (Wildman–Crippen MR) is 82.1 cm³/mol. The average molecular weight is 316 g/mol. The molecule has 1 saturated carbocycles. The largest absolute Gasteiger partial charge is 0.486 e. The minimum absolute atomic E-state index is 0.0450. The summed E-state index contributed by atoms with van der Waals surface area (Å²) in [5.41, 5.74) is 0.964. The molecule has 2 amide bonds. The lowest BCUT2D eigenvalue weighted by atomic mass is 10.1. The minimum atomic E-state index is -0.222. The summed E-state index contributed by atoms with van der Waals surface area (Å²) < 4.78 is 11.0. The van der Waals surface area contributed by atoms with Crippen LogP contribution in [0.1, 0.15) is 24.8 Å². The Morgan fingerprint density at radius 3 is 2.78 bits per heavy atom. The van der Waals surface area contributed by atoms with Gasteiger partial charge in [-0.2, -0.15) is 0 Å². The number of nitrogens with one attached hydrogen (secondary N) is 1. The molecule has 0 aromatic heterocycles. The molecule has 2 heterocycles. The Hall–Kier alpha value is -2.24. The summed E-state index contributed by atoms with van der Waals surface area (Å²) in [5, 5.41) is 2.93. The Bertz CT molecular complexity index is 641. The van der Waals surface area contributed by atoms with Crippen LogP contribution in [-0.2, 0) is 16.1 Å². The van der Waals surface area contributed by atoms with E-state index in [1.54, 1.807) is 0 Å². The summed E-state index contributed by atoms with van der Waals surface area (Å²) in [7, 11) is 0. The highest BCUT2D eigenvalue weighted by Gasteiger charge is 2.41. The van der Waals surface area contributed by atoms with Crippen molar-refractivity contribution in [1.82, 2.24) is 10.2 Å². The monoisotopic (exact) mass is 316 g/mol. The molecule has 23 heavy (non-hydrogen) atoms. The van der Waals surface area contributed by atoms with Crippen LogP contribution in [0.4, 0.5) is 0 Å². The van der Waals surface area contributed by atoms with Gasteiger partial charge in [0.1, 0.15) is 13.2 Å². The second-order valence-corrected chi connectivity index (χ2v) is 6.37. The molecule has 6 nitrogen and oxygen atoms in total. The summed E-state index contributed by atoms with van der Waals surface area (Å²) in [4.78, 5) is 26.1. The van der Waals surface area contributed by atoms with Gasteiger partial charge in [-0.1, -0.05) is 6.07 Å². The van der Waals surface area contributed by atoms with E-state index >= 15 is 0 Å². The van der Waals surface area contributed by atoms with Crippen LogP contribution in [0.15, 0.2) is 18.2 Å². The number of benzene rings is 1. The Morgan fingerprint density at radius 2 is 2.00 bits per heavy atom. The van der Waals surface area contributed by atoms with Gasteiger partial charge in [0.05, 0.1) is 5.92 Å². The molecule has 4 rings (SSSR count). The fraction of sp³-hybridized carbons (Fsp3) is 0.529. The minimum Gasteiger partial charge on any atom is -0.486 e. The standard InChI is InChI=1S/C17H20N2O4/c20-16-8-12(10-19(16)13-2-3-13)17(21)18-9-11-1-4-14-15(7-11)23-6-5-22-14/h1,4,7,12-13H,2-3,5-6,8-10H2,(H,18,21)/t12-/m0/s1. The van der Waals surface area contributed by atoms with Gasteiger partial charge in [-0.15, -0.1) is 0 Å². The Labute approximate surface area is 134 Å². The van der Waals surface area contributed by atoms with Crippen molar-refractivity contribution in [3.63, 3.8) is 0 Å². The van der Waals surface area contributed by atoms with Gasteiger partial charge in [0.2, 0.25) is 11.8 Å². The molecule has 1 aliphatic carbocycles. The summed E-state index contributed by atoms with van der Waals surface area (Å²) >= 11 is 0. The molecule has 1 atom stereocenters. The number of hydrogen-bond acceptors (Lipinski definition) is 4. The Morgan fingerprint density at radius 1 is 1.22 bits per heavy atom. The average Bonchev–Trinajstić information content (AvgIpc) is 3.34. The zero-order valence-corrected chi connectivity index (χ0v) is 12.9. The van der Waals surface area contributed by atoms with Crippen molar-refractivity contribution in [2.45, 2.75) is 31.8 Å². The molecule has 3 aliphatic rings. The first-order valence-corrected chi connectivity index (χ1v) is 8.16. The van der Waals surface area contributed by atoms with E-state index in [4.69, 9.17) is 9.47 Å². The molecule has 1 aromatic carbocycles. The van der Waals surface area contributed by atoms with Crippen LogP contribution in [-0.4, -0.2) is 42.5 Å². The lowest BCUT2D eigenvalue weighted by Gasteiger charge is -2.19. The van der Waals surface area contributed by atoms with E-state index in [2.05, 4.69) is 5.32 Å². The van der Waals surface area contributed by atoms with Crippen LogP contribution >= 0.6 is 0 Å². The highest BCUT2D eigenvalue weighted by atomic mass is 16.6. The number of nitrogens with zero attached hydrogens (tertiary/aromatic N) is 1. The van der Waals surface area contributed by atoms with E-state index in [1.165, 1.54) is 0 Å². The molecule has 122 valence electrons. The quantitative estimate of drug-likeness (QED) is 0.903. The van der Waals surface area contributed by atoms with E-state index in [9.17, 15) is 9.59 Å². The number of amides is 2. The molecule has 0 radical (unpaired) electrons. The molecule has 1 aromatic rings. The fourth-order valence-electron chi connectivity index (χ4n) is 3.18. The third kappa shape index (κ3) is 2.98. The maximum atomic E-state index is 12.3. The zero-order valence-electron chi connectivity index (χ0n) is 12.9. The summed E-state index contributed by atoms with van der Waals surface area (Å²) in [6.07, 6.45) is 2.50. The fourth-order valence-corrected chi connectivity index (χ4v) is 3.18. The molecule has 1 saturated heterocycles. The number of rotatable bonds is 4. The summed E-state index contributed by atoms with van der Waals surface area (Å²) in [6.45, 7) is 2.11. The van der Waals surface area contributed by atoms with Crippen molar-refractivity contribution < 1.29 is 19.1 Å². The summed E-state index contributed by atoms with van der Waals surface area (Å²) in [6, 6.07) is 6.07. The highest BCUT2D eigenvalue weighted by molar-refractivity contribution is 5.89. The van der Waals surface area contributed by atoms with Gasteiger partial charge < -0.3 is 19.7 Å². The van der Waals surface area contributed by atoms with E-state index < -0.39 is 0 Å². The third-order valence-electron chi connectivity index (χ3n) is 4.59. The zero-order chi connectivity index (χ0) is 15.8. The highest BCUT2D eigenvalue weighted by Crippen LogP contribution is 2.33. The first kappa shape index (κ1) is 14.4. The molecule has 2 fully saturated rings. The number of hydrogen-bond donors (Lipinski definition) is 1. The van der Waals surface area contributed by atoms with E-state index in [-0.39, 0.29) is 17.7 Å². The molecule has 2 aliphatic heterocycles. The SMILES string of the molecule is O=C(NCc1ccc2c(c1)OCCO2)[C@H]1CC(=O)N(C2CC2)C1. The van der Waals surface area contributed by atoms with Gasteiger partial charge in [-0.05, 0) is 30.5 Å². The van der Waals surface area contributed by atoms with Crippen LogP contribution in [0.2, 0.25) is 0 Å². The molecular weight excluding hydrogens is 296 g/mol. The number of ether oxygens (including phenoxy) is 2. The van der Waals surface area contributed by atoms with Gasteiger partial charge in [0, 0.05) is 25.6 Å². The molecular formula is C17H20N2O4. The van der Waals surface area contributed by atoms with Crippen LogP contribution in [0, 0.1) is 5.92 Å². The van der Waals surface area contributed by atoms with Gasteiger partial charge >= 0.3 is 0 Å². The van der Waals surface area contributed by atoms with Gasteiger partial charge in [-0.3, -0.25) is 9.59 Å².